The number of carbonyl (C=O) groups excluding carboxylic acids is 1. The van der Waals surface area contributed by atoms with Crippen molar-refractivity contribution in [2.45, 2.75) is 25.5 Å². The van der Waals surface area contributed by atoms with Gasteiger partial charge in [-0.2, -0.15) is 0 Å². The molecule has 2 N–H and O–H groups in total. The van der Waals surface area contributed by atoms with E-state index >= 15 is 0 Å². The van der Waals surface area contributed by atoms with Gasteiger partial charge in [0.1, 0.15) is 5.75 Å². The largest absolute Gasteiger partial charge is 0.495 e. The summed E-state index contributed by atoms with van der Waals surface area (Å²) in [6, 6.07) is 23.7. The predicted octanol–water partition coefficient (Wildman–Crippen LogP) is 5.24. The van der Waals surface area contributed by atoms with Crippen molar-refractivity contribution in [2.24, 2.45) is 0 Å². The van der Waals surface area contributed by atoms with E-state index in [1.807, 2.05) is 60.0 Å². The second kappa shape index (κ2) is 10.9. The molecule has 0 aliphatic heterocycles. The lowest BCUT2D eigenvalue weighted by atomic mass is 10.2. The van der Waals surface area contributed by atoms with Crippen molar-refractivity contribution in [1.29, 1.82) is 0 Å². The second-order valence-electron chi connectivity index (χ2n) is 7.83. The number of thioether (sulfide) groups is 1. The van der Waals surface area contributed by atoms with E-state index < -0.39 is 0 Å². The van der Waals surface area contributed by atoms with E-state index in [1.54, 1.807) is 7.11 Å². The number of carbonyl (C=O) groups is 1. The van der Waals surface area contributed by atoms with E-state index in [9.17, 15) is 4.79 Å². The third-order valence-corrected chi connectivity index (χ3v) is 6.14. The van der Waals surface area contributed by atoms with Crippen LogP contribution in [0.5, 0.6) is 5.75 Å². The molecule has 7 nitrogen and oxygen atoms in total. The summed E-state index contributed by atoms with van der Waals surface area (Å²) in [6.45, 7) is 4.61. The summed E-state index contributed by atoms with van der Waals surface area (Å²) in [5.41, 5.74) is 4.97. The van der Waals surface area contributed by atoms with Crippen molar-refractivity contribution in [2.75, 3.05) is 23.5 Å². The lowest BCUT2D eigenvalue weighted by Gasteiger charge is -2.12. The Labute approximate surface area is 203 Å². The molecule has 0 bridgehead atoms. The number of para-hydroxylation sites is 2. The second-order valence-corrected chi connectivity index (χ2v) is 8.77. The number of aromatic nitrogens is 3. The Morgan fingerprint density at radius 1 is 0.941 bits per heavy atom. The minimum Gasteiger partial charge on any atom is -0.495 e. The highest BCUT2D eigenvalue weighted by Crippen LogP contribution is 2.26. The first-order valence-electron chi connectivity index (χ1n) is 10.9. The first kappa shape index (κ1) is 23.4. The van der Waals surface area contributed by atoms with Gasteiger partial charge < -0.3 is 15.4 Å². The van der Waals surface area contributed by atoms with Gasteiger partial charge in [0.2, 0.25) is 5.91 Å². The average molecular weight is 474 g/mol. The zero-order valence-corrected chi connectivity index (χ0v) is 20.2. The Hall–Kier alpha value is -3.78. The fourth-order valence-corrected chi connectivity index (χ4v) is 4.15. The summed E-state index contributed by atoms with van der Waals surface area (Å²) in [5.74, 6) is 1.42. The average Bonchev–Trinajstić information content (AvgIpc) is 3.26. The number of nitrogens with one attached hydrogen (secondary N) is 2. The summed E-state index contributed by atoms with van der Waals surface area (Å²) < 4.78 is 7.30. The smallest absolute Gasteiger partial charge is 0.234 e. The van der Waals surface area contributed by atoms with E-state index in [0.717, 1.165) is 17.2 Å². The maximum atomic E-state index is 12.6. The molecule has 1 heterocycles. The number of ether oxygens (including phenoxy) is 1. The monoisotopic (exact) mass is 473 g/mol. The van der Waals surface area contributed by atoms with E-state index in [4.69, 9.17) is 4.74 Å². The molecular formula is C26H27N5O2S. The molecule has 34 heavy (non-hydrogen) atoms. The summed E-state index contributed by atoms with van der Waals surface area (Å²) in [6.07, 6.45) is 0. The first-order valence-corrected chi connectivity index (χ1v) is 11.9. The van der Waals surface area contributed by atoms with Gasteiger partial charge in [-0.15, -0.1) is 10.2 Å². The van der Waals surface area contributed by atoms with Crippen molar-refractivity contribution in [1.82, 2.24) is 14.8 Å². The topological polar surface area (TPSA) is 81.1 Å². The van der Waals surface area contributed by atoms with Crippen LogP contribution in [0.15, 0.2) is 78.0 Å². The summed E-state index contributed by atoms with van der Waals surface area (Å²) in [4.78, 5) is 12.6. The SMILES string of the molecule is COc1ccccc1NC(=O)CSc1nnc(CNc2ccc(C)cc2)n1-c1ccc(C)cc1. The lowest BCUT2D eigenvalue weighted by Crippen LogP contribution is -2.15. The van der Waals surface area contributed by atoms with Crippen LogP contribution in [0.1, 0.15) is 17.0 Å². The molecule has 174 valence electrons. The predicted molar refractivity (Wildman–Crippen MR) is 137 cm³/mol. The van der Waals surface area contributed by atoms with Crippen molar-refractivity contribution >= 4 is 29.0 Å². The third-order valence-electron chi connectivity index (χ3n) is 5.21. The van der Waals surface area contributed by atoms with Crippen molar-refractivity contribution < 1.29 is 9.53 Å². The molecule has 1 aromatic heterocycles. The highest BCUT2D eigenvalue weighted by Gasteiger charge is 2.16. The summed E-state index contributed by atoms with van der Waals surface area (Å²) in [7, 11) is 1.58. The number of hydrogen-bond acceptors (Lipinski definition) is 6. The van der Waals surface area contributed by atoms with E-state index in [1.165, 1.54) is 22.9 Å². The zero-order valence-electron chi connectivity index (χ0n) is 19.4. The molecule has 0 fully saturated rings. The molecule has 4 rings (SSSR count). The molecule has 0 aliphatic carbocycles. The molecular weight excluding hydrogens is 446 g/mol. The molecule has 0 unspecified atom stereocenters. The fraction of sp³-hybridized carbons (Fsp3) is 0.192. The quantitative estimate of drug-likeness (QED) is 0.324. The van der Waals surface area contributed by atoms with Crippen LogP contribution in [-0.4, -0.2) is 33.5 Å². The Bertz CT molecular complexity index is 1250. The molecule has 0 aliphatic rings. The molecule has 0 saturated heterocycles. The van der Waals surface area contributed by atoms with Crippen LogP contribution in [-0.2, 0) is 11.3 Å². The minimum atomic E-state index is -0.146. The van der Waals surface area contributed by atoms with Gasteiger partial charge in [-0.1, -0.05) is 59.3 Å². The molecule has 0 saturated carbocycles. The third kappa shape index (κ3) is 5.77. The number of aryl methyl sites for hydroxylation is 2. The normalized spacial score (nSPS) is 10.7. The number of amides is 1. The van der Waals surface area contributed by atoms with Gasteiger partial charge in [0, 0.05) is 11.4 Å². The van der Waals surface area contributed by atoms with Crippen LogP contribution < -0.4 is 15.4 Å². The number of benzene rings is 3. The van der Waals surface area contributed by atoms with E-state index in [0.29, 0.717) is 23.1 Å². The van der Waals surface area contributed by atoms with Gasteiger partial charge in [0.05, 0.1) is 25.1 Å². The highest BCUT2D eigenvalue weighted by atomic mass is 32.2. The van der Waals surface area contributed by atoms with Crippen LogP contribution >= 0.6 is 11.8 Å². The highest BCUT2D eigenvalue weighted by molar-refractivity contribution is 7.99. The number of hydrogen-bond donors (Lipinski definition) is 2. The number of rotatable bonds is 9. The fourth-order valence-electron chi connectivity index (χ4n) is 3.38. The summed E-state index contributed by atoms with van der Waals surface area (Å²) in [5, 5.41) is 15.8. The zero-order chi connectivity index (χ0) is 23.9. The van der Waals surface area contributed by atoms with Crippen LogP contribution in [0.25, 0.3) is 5.69 Å². The summed E-state index contributed by atoms with van der Waals surface area (Å²) >= 11 is 1.34. The Morgan fingerprint density at radius 2 is 1.62 bits per heavy atom. The maximum absolute atomic E-state index is 12.6. The first-order chi connectivity index (χ1) is 16.5. The minimum absolute atomic E-state index is 0.146. The molecule has 0 radical (unpaired) electrons. The number of anilines is 2. The molecule has 3 aromatic carbocycles. The van der Waals surface area contributed by atoms with Crippen LogP contribution in [0, 0.1) is 13.8 Å². The van der Waals surface area contributed by atoms with E-state index in [-0.39, 0.29) is 11.7 Å². The Balaban J connectivity index is 1.51. The molecule has 0 atom stereocenters. The van der Waals surface area contributed by atoms with Gasteiger partial charge in [-0.05, 0) is 50.2 Å². The molecule has 1 amide bonds. The van der Waals surface area contributed by atoms with Crippen LogP contribution in [0.3, 0.4) is 0 Å². The van der Waals surface area contributed by atoms with Gasteiger partial charge in [0.25, 0.3) is 0 Å². The van der Waals surface area contributed by atoms with Crippen LogP contribution in [0.4, 0.5) is 11.4 Å². The molecule has 8 heteroatoms. The lowest BCUT2D eigenvalue weighted by molar-refractivity contribution is -0.113. The Morgan fingerprint density at radius 3 is 2.32 bits per heavy atom. The molecule has 4 aromatic rings. The van der Waals surface area contributed by atoms with Crippen LogP contribution in [0.2, 0.25) is 0 Å². The number of nitrogens with zero attached hydrogens (tertiary/aromatic N) is 3. The maximum Gasteiger partial charge on any atom is 0.234 e. The van der Waals surface area contributed by atoms with Gasteiger partial charge in [-0.3, -0.25) is 9.36 Å². The van der Waals surface area contributed by atoms with Crippen molar-refractivity contribution in [3.8, 4) is 11.4 Å². The van der Waals surface area contributed by atoms with Crippen molar-refractivity contribution in [3.05, 3.63) is 89.7 Å². The Kier molecular flexibility index (Phi) is 7.49. The van der Waals surface area contributed by atoms with E-state index in [2.05, 4.69) is 52.0 Å². The standard InChI is InChI=1S/C26H27N5O2S/c1-18-8-12-20(13-9-18)27-16-24-29-30-26(31(24)21-14-10-19(2)11-15-21)34-17-25(32)28-22-6-4-5-7-23(22)33-3/h4-15,27H,16-17H2,1-3H3,(H,28,32). The number of methoxy groups -OCH3 is 1. The van der Waals surface area contributed by atoms with Gasteiger partial charge >= 0.3 is 0 Å². The van der Waals surface area contributed by atoms with Crippen molar-refractivity contribution in [3.63, 3.8) is 0 Å². The van der Waals surface area contributed by atoms with Gasteiger partial charge in [0.15, 0.2) is 11.0 Å². The molecule has 0 spiro atoms. The van der Waals surface area contributed by atoms with Gasteiger partial charge in [-0.25, -0.2) is 0 Å².